The van der Waals surface area contributed by atoms with Gasteiger partial charge in [0.25, 0.3) is 0 Å². The van der Waals surface area contributed by atoms with Crippen molar-refractivity contribution in [3.05, 3.63) is 35.9 Å². The number of amides is 4. The molecule has 0 saturated carbocycles. The predicted molar refractivity (Wildman–Crippen MR) is 226 cm³/mol. The maximum absolute atomic E-state index is 13.5. The zero-order valence-corrected chi connectivity index (χ0v) is 36.3. The number of ether oxygens (including phenoxy) is 2. The molecule has 0 unspecified atom stereocenters. The number of thiocarbonyl (C=S) groups is 1. The molecule has 0 radical (unpaired) electrons. The van der Waals surface area contributed by atoms with Crippen LogP contribution in [0.4, 0.5) is 4.79 Å². The fraction of sp³-hybridized carbons (Fsp3) is 0.500. The summed E-state index contributed by atoms with van der Waals surface area (Å²) in [6.45, 7) is -0.0443. The lowest BCUT2D eigenvalue weighted by molar-refractivity contribution is -0.143. The highest BCUT2D eigenvalue weighted by Crippen LogP contribution is 2.22. The van der Waals surface area contributed by atoms with Crippen LogP contribution in [0.1, 0.15) is 50.5 Å². The molecule has 0 saturated heterocycles. The van der Waals surface area contributed by atoms with Gasteiger partial charge in [-0.25, -0.2) is 24.0 Å². The smallest absolute Gasteiger partial charge is 0.481 e. The van der Waals surface area contributed by atoms with E-state index in [1.807, 2.05) is 0 Å². The molecule has 28 heteroatoms. The minimum atomic E-state index is -1.84. The Balaban J connectivity index is 2.97. The summed E-state index contributed by atoms with van der Waals surface area (Å²) in [5.41, 5.74) is 0.500. The van der Waals surface area contributed by atoms with Crippen LogP contribution in [0.5, 0.6) is 0 Å². The number of hydrogen-bond acceptors (Lipinski definition) is 16. The lowest BCUT2D eigenvalue weighted by atomic mass is 10.0. The summed E-state index contributed by atoms with van der Waals surface area (Å²) in [4.78, 5) is 133. The van der Waals surface area contributed by atoms with E-state index in [0.29, 0.717) is 5.56 Å². The van der Waals surface area contributed by atoms with Crippen molar-refractivity contribution in [3.8, 4) is 0 Å². The number of hydrogen-bond donors (Lipinski definition) is 12. The predicted octanol–water partition coefficient (Wildman–Crippen LogP) is -1.23. The van der Waals surface area contributed by atoms with E-state index in [2.05, 4.69) is 36.6 Å². The van der Waals surface area contributed by atoms with Gasteiger partial charge in [-0.1, -0.05) is 51.9 Å². The number of methoxy groups -OCH3 is 1. The molecule has 0 aliphatic carbocycles. The van der Waals surface area contributed by atoms with E-state index >= 15 is 0 Å². The zero-order valence-electron chi connectivity index (χ0n) is 33.8. The lowest BCUT2D eigenvalue weighted by Gasteiger charge is -2.24. The molecule has 0 bridgehead atoms. The summed E-state index contributed by atoms with van der Waals surface area (Å²) in [6.07, 6.45) is -5.53. The highest BCUT2D eigenvalue weighted by molar-refractivity contribution is 8.76. The van der Waals surface area contributed by atoms with Crippen LogP contribution in [-0.4, -0.2) is 163 Å². The topological polar surface area (TPSA) is 400 Å². The second kappa shape index (κ2) is 29.8. The van der Waals surface area contributed by atoms with Crippen LogP contribution in [0.3, 0.4) is 0 Å². The van der Waals surface area contributed by atoms with E-state index in [9.17, 15) is 78.3 Å². The van der Waals surface area contributed by atoms with Crippen LogP contribution in [-0.2, 0) is 63.8 Å². The molecule has 0 aliphatic heterocycles. The SMILES string of the molecule is COC(=O)OCCSSC[C@H](NC(=O)[C@H](Cc1ccccc1)NC(=O)[C@H](CC(=O)O)NC(=O)CC[C@H](NC(=O)CC[C@@H](NC(=S)N[C@H](CCC(=O)O)C(=O)O)C(=O)O)C(=O)O)C(=O)O. The number of carboxylic acid groups (broad SMARTS) is 6. The molecule has 12 N–H and O–H groups in total. The van der Waals surface area contributed by atoms with Gasteiger partial charge in [0.1, 0.15) is 42.9 Å². The molecule has 64 heavy (non-hydrogen) atoms. The third kappa shape index (κ3) is 23.7. The van der Waals surface area contributed by atoms with Gasteiger partial charge < -0.3 is 72.0 Å². The van der Waals surface area contributed by atoms with Gasteiger partial charge in [-0.05, 0) is 37.0 Å². The van der Waals surface area contributed by atoms with Gasteiger partial charge in [-0.2, -0.15) is 0 Å². The van der Waals surface area contributed by atoms with Crippen molar-refractivity contribution < 1.29 is 92.9 Å². The van der Waals surface area contributed by atoms with Gasteiger partial charge in [0.2, 0.25) is 23.6 Å². The first-order chi connectivity index (χ1) is 30.1. The molecule has 0 fully saturated rings. The van der Waals surface area contributed by atoms with E-state index < -0.39 is 152 Å². The molecule has 0 aromatic heterocycles. The average Bonchev–Trinajstić information content (AvgIpc) is 3.22. The van der Waals surface area contributed by atoms with Crippen LogP contribution in [0.15, 0.2) is 30.3 Å². The Labute approximate surface area is 376 Å². The summed E-state index contributed by atoms with van der Waals surface area (Å²) >= 11 is 4.93. The Morgan fingerprint density at radius 2 is 1.05 bits per heavy atom. The second-order valence-electron chi connectivity index (χ2n) is 13.1. The first kappa shape index (κ1) is 55.6. The van der Waals surface area contributed by atoms with Crippen molar-refractivity contribution in [2.45, 2.75) is 87.6 Å². The molecule has 1 aromatic carbocycles. The number of rotatable bonds is 31. The Hall–Kier alpha value is -6.42. The molecule has 0 spiro atoms. The van der Waals surface area contributed by atoms with E-state index in [1.54, 1.807) is 30.3 Å². The van der Waals surface area contributed by atoms with E-state index in [-0.39, 0.29) is 24.5 Å². The van der Waals surface area contributed by atoms with Crippen molar-refractivity contribution in [1.29, 1.82) is 0 Å². The molecule has 1 rings (SSSR count). The number of carboxylic acids is 6. The number of benzene rings is 1. The summed E-state index contributed by atoms with van der Waals surface area (Å²) in [7, 11) is 3.29. The van der Waals surface area contributed by atoms with Gasteiger partial charge >= 0.3 is 42.0 Å². The van der Waals surface area contributed by atoms with Gasteiger partial charge in [-0.15, -0.1) is 0 Å². The maximum atomic E-state index is 13.5. The van der Waals surface area contributed by atoms with Crippen LogP contribution >= 0.6 is 33.8 Å². The maximum Gasteiger partial charge on any atom is 0.508 e. The van der Waals surface area contributed by atoms with E-state index in [4.69, 9.17) is 22.1 Å². The minimum absolute atomic E-state index is 0.0443. The van der Waals surface area contributed by atoms with Crippen LogP contribution in [0.2, 0.25) is 0 Å². The summed E-state index contributed by atoms with van der Waals surface area (Å²) in [5, 5.41) is 69.6. The van der Waals surface area contributed by atoms with Crippen LogP contribution < -0.4 is 31.9 Å². The standard InChI is InChI=1S/C36H48N6O19S3/c1-60-36(59)61-13-14-63-64-17-24(34(57)58)40-29(49)22(15-18-5-3-2-4-6-18)39-30(50)23(16-28(47)48)38-26(44)10-7-19(31(51)52)37-25(43)11-8-20(32(53)54)41-35(62)42-21(33(55)56)9-12-27(45)46/h2-6,19-24H,7-17H2,1H3,(H,37,43)(H,38,44)(H,39,50)(H,40,49)(H,45,46)(H,47,48)(H,51,52)(H,53,54)(H,55,56)(H,57,58)(H2,41,42,62)/t19-,20+,21+,22-,23-,24-/m0/s1. The quantitative estimate of drug-likeness (QED) is 0.0179. The Bertz CT molecular complexity index is 1840. The molecule has 4 amide bonds. The van der Waals surface area contributed by atoms with Crippen molar-refractivity contribution in [2.24, 2.45) is 0 Å². The summed E-state index contributed by atoms with van der Waals surface area (Å²) < 4.78 is 9.08. The third-order valence-electron chi connectivity index (χ3n) is 8.24. The third-order valence-corrected chi connectivity index (χ3v) is 10.9. The highest BCUT2D eigenvalue weighted by Gasteiger charge is 2.32. The highest BCUT2D eigenvalue weighted by atomic mass is 33.1. The molecule has 6 atom stereocenters. The molecular formula is C36H48N6O19S3. The molecular weight excluding hydrogens is 917 g/mol. The normalized spacial score (nSPS) is 13.4. The average molecular weight is 965 g/mol. The monoisotopic (exact) mass is 964 g/mol. The van der Waals surface area contributed by atoms with E-state index in [0.717, 1.165) is 28.7 Å². The van der Waals surface area contributed by atoms with Crippen molar-refractivity contribution in [1.82, 2.24) is 31.9 Å². The second-order valence-corrected chi connectivity index (χ2v) is 16.2. The Morgan fingerprint density at radius 1 is 0.578 bits per heavy atom. The largest absolute Gasteiger partial charge is 0.508 e. The molecule has 0 heterocycles. The summed E-state index contributed by atoms with van der Waals surface area (Å²) in [5.74, 6) is -13.1. The van der Waals surface area contributed by atoms with Crippen LogP contribution in [0, 0.1) is 0 Å². The zero-order chi connectivity index (χ0) is 48.4. The number of carbonyl (C=O) groups is 11. The molecule has 0 aliphatic rings. The number of nitrogens with one attached hydrogen (secondary N) is 6. The lowest BCUT2D eigenvalue weighted by Crippen LogP contribution is -2.57. The van der Waals surface area contributed by atoms with E-state index in [1.165, 1.54) is 0 Å². The fourth-order valence-corrected chi connectivity index (χ4v) is 7.30. The first-order valence-electron chi connectivity index (χ1n) is 18.7. The van der Waals surface area contributed by atoms with Crippen molar-refractivity contribution in [3.63, 3.8) is 0 Å². The van der Waals surface area contributed by atoms with Gasteiger partial charge in [0.05, 0.1) is 13.5 Å². The van der Waals surface area contributed by atoms with Crippen molar-refractivity contribution in [2.75, 3.05) is 25.2 Å². The first-order valence-corrected chi connectivity index (χ1v) is 21.6. The Kier molecular flexibility index (Phi) is 25.9. The minimum Gasteiger partial charge on any atom is -0.481 e. The molecule has 25 nitrogen and oxygen atoms in total. The van der Waals surface area contributed by atoms with Gasteiger partial charge in [-0.3, -0.25) is 28.8 Å². The van der Waals surface area contributed by atoms with Crippen LogP contribution in [0.25, 0.3) is 0 Å². The molecule has 1 aromatic rings. The van der Waals surface area contributed by atoms with Gasteiger partial charge in [0.15, 0.2) is 5.11 Å². The number of carbonyl (C=O) groups excluding carboxylic acids is 5. The van der Waals surface area contributed by atoms with Crippen molar-refractivity contribution >= 4 is 105 Å². The fourth-order valence-electron chi connectivity index (χ4n) is 5.04. The van der Waals surface area contributed by atoms with Gasteiger partial charge in [0, 0.05) is 37.2 Å². The molecule has 354 valence electrons. The summed E-state index contributed by atoms with van der Waals surface area (Å²) in [6, 6.07) is -1.56. The Morgan fingerprint density at radius 3 is 1.53 bits per heavy atom. The number of aliphatic carboxylic acids is 6.